The van der Waals surface area contributed by atoms with Crippen LogP contribution in [0.4, 0.5) is 5.82 Å². The Bertz CT molecular complexity index is 600. The molecule has 0 radical (unpaired) electrons. The Labute approximate surface area is 127 Å². The van der Waals surface area contributed by atoms with Crippen LogP contribution >= 0.6 is 23.1 Å². The zero-order valence-corrected chi connectivity index (χ0v) is 13.6. The summed E-state index contributed by atoms with van der Waals surface area (Å²) in [5.41, 5.74) is 3.87. The number of aliphatic hydroxyl groups is 1. The van der Waals surface area contributed by atoms with Gasteiger partial charge in [0, 0.05) is 16.7 Å². The van der Waals surface area contributed by atoms with E-state index in [-0.39, 0.29) is 6.61 Å². The SMILES string of the molecule is Cc1sc2nc(CSC(C)CCO)nc(NN)c2c1C. The highest BCUT2D eigenvalue weighted by Crippen LogP contribution is 2.33. The molecule has 0 fully saturated rings. The first-order valence-electron chi connectivity index (χ1n) is 6.52. The van der Waals surface area contributed by atoms with Gasteiger partial charge in [-0.1, -0.05) is 6.92 Å². The molecular weight excluding hydrogens is 292 g/mol. The second-order valence-electron chi connectivity index (χ2n) is 4.73. The number of aromatic nitrogens is 2. The van der Waals surface area contributed by atoms with Gasteiger partial charge >= 0.3 is 0 Å². The molecule has 0 amide bonds. The Hall–Kier alpha value is -0.890. The number of hydrogen-bond acceptors (Lipinski definition) is 7. The van der Waals surface area contributed by atoms with Gasteiger partial charge in [-0.15, -0.1) is 11.3 Å². The summed E-state index contributed by atoms with van der Waals surface area (Å²) < 4.78 is 0. The summed E-state index contributed by atoms with van der Waals surface area (Å²) in [6.45, 7) is 6.46. The van der Waals surface area contributed by atoms with E-state index >= 15 is 0 Å². The highest BCUT2D eigenvalue weighted by molar-refractivity contribution is 7.99. The van der Waals surface area contributed by atoms with Gasteiger partial charge in [-0.2, -0.15) is 11.8 Å². The molecule has 4 N–H and O–H groups in total. The van der Waals surface area contributed by atoms with Crippen LogP contribution in [-0.4, -0.2) is 26.9 Å². The van der Waals surface area contributed by atoms with Crippen LogP contribution in [-0.2, 0) is 5.75 Å². The number of aryl methyl sites for hydroxylation is 2. The van der Waals surface area contributed by atoms with Crippen LogP contribution in [0.15, 0.2) is 0 Å². The van der Waals surface area contributed by atoms with Gasteiger partial charge in [-0.3, -0.25) is 0 Å². The minimum absolute atomic E-state index is 0.215. The maximum absolute atomic E-state index is 8.92. The molecule has 2 aromatic rings. The molecule has 1 unspecified atom stereocenters. The average Bonchev–Trinajstić information content (AvgIpc) is 2.71. The van der Waals surface area contributed by atoms with E-state index in [0.717, 1.165) is 28.2 Å². The lowest BCUT2D eigenvalue weighted by atomic mass is 10.2. The van der Waals surface area contributed by atoms with E-state index in [4.69, 9.17) is 10.9 Å². The Morgan fingerprint density at radius 2 is 2.15 bits per heavy atom. The quantitative estimate of drug-likeness (QED) is 0.562. The zero-order valence-electron chi connectivity index (χ0n) is 11.9. The number of nitrogens with zero attached hydrogens (tertiary/aromatic N) is 2. The van der Waals surface area contributed by atoms with Crippen molar-refractivity contribution in [1.82, 2.24) is 9.97 Å². The van der Waals surface area contributed by atoms with Crippen LogP contribution in [0, 0.1) is 13.8 Å². The number of aliphatic hydroxyl groups excluding tert-OH is 1. The van der Waals surface area contributed by atoms with Crippen molar-refractivity contribution in [2.45, 2.75) is 38.2 Å². The standard InChI is InChI=1S/C13H20N4OS2/c1-7(4-5-18)19-6-10-15-12(17-14)11-8(2)9(3)20-13(11)16-10/h7,18H,4-6,14H2,1-3H3,(H,15,16,17). The maximum Gasteiger partial charge on any atom is 0.152 e. The summed E-state index contributed by atoms with van der Waals surface area (Å²) in [7, 11) is 0. The van der Waals surface area contributed by atoms with E-state index in [0.29, 0.717) is 11.1 Å². The van der Waals surface area contributed by atoms with Gasteiger partial charge in [0.05, 0.1) is 11.1 Å². The highest BCUT2D eigenvalue weighted by Gasteiger charge is 2.14. The second-order valence-corrected chi connectivity index (χ2v) is 7.36. The van der Waals surface area contributed by atoms with E-state index in [1.165, 1.54) is 10.4 Å². The van der Waals surface area contributed by atoms with E-state index < -0.39 is 0 Å². The summed E-state index contributed by atoms with van der Waals surface area (Å²) in [6, 6.07) is 0. The van der Waals surface area contributed by atoms with Crippen molar-refractivity contribution >= 4 is 39.1 Å². The van der Waals surface area contributed by atoms with Crippen LogP contribution in [0.1, 0.15) is 29.6 Å². The molecule has 2 heterocycles. The molecule has 0 aliphatic heterocycles. The number of hydrogen-bond donors (Lipinski definition) is 3. The van der Waals surface area contributed by atoms with Crippen molar-refractivity contribution in [2.24, 2.45) is 5.84 Å². The van der Waals surface area contributed by atoms with Crippen LogP contribution in [0.3, 0.4) is 0 Å². The first-order chi connectivity index (χ1) is 9.56. The summed E-state index contributed by atoms with van der Waals surface area (Å²) >= 11 is 3.41. The number of fused-ring (bicyclic) bond motifs is 1. The summed E-state index contributed by atoms with van der Waals surface area (Å²) in [5.74, 6) is 7.79. The third-order valence-corrected chi connectivity index (χ3v) is 5.58. The highest BCUT2D eigenvalue weighted by atomic mass is 32.2. The smallest absolute Gasteiger partial charge is 0.152 e. The molecule has 0 saturated carbocycles. The van der Waals surface area contributed by atoms with Gasteiger partial charge in [0.15, 0.2) is 5.82 Å². The first-order valence-corrected chi connectivity index (χ1v) is 8.39. The molecule has 1 atom stereocenters. The molecule has 0 saturated heterocycles. The zero-order chi connectivity index (χ0) is 14.7. The molecule has 0 bridgehead atoms. The molecule has 0 spiro atoms. The van der Waals surface area contributed by atoms with Gasteiger partial charge in [-0.05, 0) is 25.8 Å². The minimum Gasteiger partial charge on any atom is -0.396 e. The monoisotopic (exact) mass is 312 g/mol. The van der Waals surface area contributed by atoms with Crippen molar-refractivity contribution in [3.63, 3.8) is 0 Å². The molecular formula is C13H20N4OS2. The predicted molar refractivity (Wildman–Crippen MR) is 87.2 cm³/mol. The maximum atomic E-state index is 8.92. The fraction of sp³-hybridized carbons (Fsp3) is 0.538. The van der Waals surface area contributed by atoms with Crippen molar-refractivity contribution in [3.8, 4) is 0 Å². The van der Waals surface area contributed by atoms with Crippen LogP contribution in [0.5, 0.6) is 0 Å². The largest absolute Gasteiger partial charge is 0.396 e. The number of nitrogen functional groups attached to an aromatic ring is 1. The molecule has 5 nitrogen and oxygen atoms in total. The van der Waals surface area contributed by atoms with Gasteiger partial charge in [0.1, 0.15) is 10.7 Å². The molecule has 0 aliphatic rings. The van der Waals surface area contributed by atoms with Crippen LogP contribution in [0.2, 0.25) is 0 Å². The van der Waals surface area contributed by atoms with Crippen molar-refractivity contribution in [1.29, 1.82) is 0 Å². The fourth-order valence-corrected chi connectivity index (χ4v) is 3.83. The van der Waals surface area contributed by atoms with Gasteiger partial charge in [0.25, 0.3) is 0 Å². The Morgan fingerprint density at radius 1 is 1.40 bits per heavy atom. The third kappa shape index (κ3) is 3.22. The topological polar surface area (TPSA) is 84.1 Å². The molecule has 0 aromatic carbocycles. The second kappa shape index (κ2) is 6.71. The van der Waals surface area contributed by atoms with Crippen LogP contribution < -0.4 is 11.3 Å². The van der Waals surface area contributed by atoms with E-state index in [9.17, 15) is 0 Å². The van der Waals surface area contributed by atoms with E-state index in [1.807, 2.05) is 0 Å². The fourth-order valence-electron chi connectivity index (χ4n) is 1.94. The number of nitrogens with one attached hydrogen (secondary N) is 1. The number of hydrazine groups is 1. The number of anilines is 1. The number of nitrogens with two attached hydrogens (primary N) is 1. The number of thioether (sulfide) groups is 1. The molecule has 7 heteroatoms. The molecule has 2 rings (SSSR count). The predicted octanol–water partition coefficient (Wildman–Crippen LogP) is 2.60. The Balaban J connectivity index is 2.27. The normalized spacial score (nSPS) is 12.8. The van der Waals surface area contributed by atoms with Crippen LogP contribution in [0.25, 0.3) is 10.2 Å². The lowest BCUT2D eigenvalue weighted by Crippen LogP contribution is -2.11. The summed E-state index contributed by atoms with van der Waals surface area (Å²) in [5, 5.41) is 10.3. The number of rotatable bonds is 6. The third-order valence-electron chi connectivity index (χ3n) is 3.24. The lowest BCUT2D eigenvalue weighted by Gasteiger charge is -2.10. The van der Waals surface area contributed by atoms with E-state index in [2.05, 4.69) is 36.2 Å². The van der Waals surface area contributed by atoms with Gasteiger partial charge in [0.2, 0.25) is 0 Å². The van der Waals surface area contributed by atoms with Crippen molar-refractivity contribution < 1.29 is 5.11 Å². The first kappa shape index (κ1) is 15.5. The van der Waals surface area contributed by atoms with E-state index in [1.54, 1.807) is 23.1 Å². The van der Waals surface area contributed by atoms with Crippen molar-refractivity contribution in [2.75, 3.05) is 12.0 Å². The molecule has 110 valence electrons. The van der Waals surface area contributed by atoms with Gasteiger partial charge in [-0.25, -0.2) is 15.8 Å². The summed E-state index contributed by atoms with van der Waals surface area (Å²) in [4.78, 5) is 11.3. The molecule has 20 heavy (non-hydrogen) atoms. The van der Waals surface area contributed by atoms with Gasteiger partial charge < -0.3 is 10.5 Å². The Morgan fingerprint density at radius 3 is 2.80 bits per heavy atom. The average molecular weight is 312 g/mol. The number of thiophene rings is 1. The minimum atomic E-state index is 0.215. The van der Waals surface area contributed by atoms with Crippen molar-refractivity contribution in [3.05, 3.63) is 16.3 Å². The molecule has 0 aliphatic carbocycles. The summed E-state index contributed by atoms with van der Waals surface area (Å²) in [6.07, 6.45) is 0.784. The Kier molecular flexibility index (Phi) is 5.20. The molecule has 2 aromatic heterocycles. The lowest BCUT2D eigenvalue weighted by molar-refractivity contribution is 0.289.